The van der Waals surface area contributed by atoms with E-state index in [1.807, 2.05) is 42.5 Å². The molecular weight excluding hydrogens is 268 g/mol. The fourth-order valence-electron chi connectivity index (χ4n) is 2.62. The third-order valence-electron chi connectivity index (χ3n) is 3.86. The number of allylic oxidation sites excluding steroid dienone is 2. The van der Waals surface area contributed by atoms with Gasteiger partial charge < -0.3 is 0 Å². The summed E-state index contributed by atoms with van der Waals surface area (Å²) in [5.74, 6) is 0.0607. The molecule has 0 aliphatic rings. The third kappa shape index (κ3) is 2.99. The first-order valence-electron chi connectivity index (χ1n) is 7.57. The van der Waals surface area contributed by atoms with Crippen molar-refractivity contribution in [3.8, 4) is 0 Å². The molecule has 1 heteroatoms. The van der Waals surface area contributed by atoms with Crippen LogP contribution in [0.25, 0.3) is 16.3 Å². The maximum absolute atomic E-state index is 12.4. The Kier molecular flexibility index (Phi) is 4.15. The molecular formula is C21H18O. The Morgan fingerprint density at radius 2 is 1.50 bits per heavy atom. The van der Waals surface area contributed by atoms with E-state index in [0.29, 0.717) is 0 Å². The second-order valence-electron chi connectivity index (χ2n) is 5.32. The number of fused-ring (bicyclic) bond motifs is 1. The lowest BCUT2D eigenvalue weighted by Crippen LogP contribution is -1.96. The summed E-state index contributed by atoms with van der Waals surface area (Å²) < 4.78 is 0. The molecule has 0 bridgehead atoms. The van der Waals surface area contributed by atoms with Crippen LogP contribution in [-0.2, 0) is 0 Å². The lowest BCUT2D eigenvalue weighted by Gasteiger charge is -2.07. The van der Waals surface area contributed by atoms with E-state index in [4.69, 9.17) is 0 Å². The summed E-state index contributed by atoms with van der Waals surface area (Å²) in [6, 6.07) is 24.1. The Morgan fingerprint density at radius 3 is 2.23 bits per heavy atom. The largest absolute Gasteiger partial charge is 0.289 e. The molecule has 0 radical (unpaired) electrons. The molecule has 3 aromatic rings. The Morgan fingerprint density at radius 1 is 0.818 bits per heavy atom. The summed E-state index contributed by atoms with van der Waals surface area (Å²) in [5, 5.41) is 2.42. The van der Waals surface area contributed by atoms with Gasteiger partial charge in [-0.3, -0.25) is 4.79 Å². The van der Waals surface area contributed by atoms with Crippen LogP contribution in [-0.4, -0.2) is 5.78 Å². The van der Waals surface area contributed by atoms with Gasteiger partial charge in [0.25, 0.3) is 0 Å². The number of hydrogen-bond acceptors (Lipinski definition) is 1. The highest BCUT2D eigenvalue weighted by molar-refractivity contribution is 6.08. The van der Waals surface area contributed by atoms with Crippen LogP contribution in [0.3, 0.4) is 0 Å². The van der Waals surface area contributed by atoms with Gasteiger partial charge in [-0.2, -0.15) is 0 Å². The van der Waals surface area contributed by atoms with Crippen LogP contribution < -0.4 is 0 Å². The van der Waals surface area contributed by atoms with Crippen molar-refractivity contribution < 1.29 is 4.79 Å². The van der Waals surface area contributed by atoms with Crippen molar-refractivity contribution in [2.45, 2.75) is 13.3 Å². The van der Waals surface area contributed by atoms with E-state index in [1.165, 1.54) is 10.8 Å². The molecule has 22 heavy (non-hydrogen) atoms. The van der Waals surface area contributed by atoms with Crippen molar-refractivity contribution in [1.82, 2.24) is 0 Å². The van der Waals surface area contributed by atoms with Crippen LogP contribution in [0.15, 0.2) is 78.9 Å². The minimum absolute atomic E-state index is 0.0607. The molecule has 0 aliphatic carbocycles. The molecule has 0 spiro atoms. The molecule has 0 aliphatic heterocycles. The lowest BCUT2D eigenvalue weighted by molar-refractivity contribution is 0.104. The van der Waals surface area contributed by atoms with E-state index in [0.717, 1.165) is 23.1 Å². The van der Waals surface area contributed by atoms with Gasteiger partial charge in [0.15, 0.2) is 5.78 Å². The molecule has 3 rings (SSSR count). The maximum Gasteiger partial charge on any atom is 0.186 e. The first kappa shape index (κ1) is 14.3. The van der Waals surface area contributed by atoms with Crippen molar-refractivity contribution in [3.63, 3.8) is 0 Å². The highest BCUT2D eigenvalue weighted by Gasteiger charge is 2.06. The summed E-state index contributed by atoms with van der Waals surface area (Å²) >= 11 is 0. The summed E-state index contributed by atoms with van der Waals surface area (Å²) in [4.78, 5) is 12.4. The van der Waals surface area contributed by atoms with Gasteiger partial charge >= 0.3 is 0 Å². The molecule has 3 aromatic carbocycles. The van der Waals surface area contributed by atoms with E-state index in [-0.39, 0.29) is 5.78 Å². The summed E-state index contributed by atoms with van der Waals surface area (Å²) in [6.45, 7) is 2.08. The van der Waals surface area contributed by atoms with Crippen molar-refractivity contribution in [1.29, 1.82) is 0 Å². The summed E-state index contributed by atoms with van der Waals surface area (Å²) in [7, 11) is 0. The van der Waals surface area contributed by atoms with E-state index in [1.54, 1.807) is 6.08 Å². The van der Waals surface area contributed by atoms with Crippen molar-refractivity contribution in [2.75, 3.05) is 0 Å². The first-order chi connectivity index (χ1) is 10.8. The van der Waals surface area contributed by atoms with E-state index < -0.39 is 0 Å². The van der Waals surface area contributed by atoms with Gasteiger partial charge in [0.2, 0.25) is 0 Å². The zero-order chi connectivity index (χ0) is 15.4. The standard InChI is InChI=1S/C21H18O/c1-2-16(15-21(22)18-9-4-3-5-10-18)20-13-12-17-8-6-7-11-19(17)14-20/h3-15H,2H2,1H3/b16-15+. The minimum atomic E-state index is 0.0607. The fraction of sp³-hybridized carbons (Fsp3) is 0.0952. The highest BCUT2D eigenvalue weighted by atomic mass is 16.1. The monoisotopic (exact) mass is 286 g/mol. The van der Waals surface area contributed by atoms with Crippen LogP contribution in [0.5, 0.6) is 0 Å². The number of carbonyl (C=O) groups excluding carboxylic acids is 1. The second-order valence-corrected chi connectivity index (χ2v) is 5.32. The fourth-order valence-corrected chi connectivity index (χ4v) is 2.62. The number of hydrogen-bond donors (Lipinski definition) is 0. The molecule has 0 aromatic heterocycles. The van der Waals surface area contributed by atoms with Gasteiger partial charge in [-0.15, -0.1) is 0 Å². The smallest absolute Gasteiger partial charge is 0.186 e. The quantitative estimate of drug-likeness (QED) is 0.456. The van der Waals surface area contributed by atoms with Gasteiger partial charge in [-0.25, -0.2) is 0 Å². The molecule has 0 N–H and O–H groups in total. The van der Waals surface area contributed by atoms with Crippen molar-refractivity contribution in [2.24, 2.45) is 0 Å². The van der Waals surface area contributed by atoms with Crippen LogP contribution in [0.1, 0.15) is 29.3 Å². The molecule has 1 nitrogen and oxygen atoms in total. The summed E-state index contributed by atoms with van der Waals surface area (Å²) in [5.41, 5.74) is 2.92. The molecule has 0 saturated carbocycles. The Bertz CT molecular complexity index is 829. The van der Waals surface area contributed by atoms with Gasteiger partial charge in [-0.1, -0.05) is 73.7 Å². The third-order valence-corrected chi connectivity index (χ3v) is 3.86. The molecule has 0 unspecified atom stereocenters. The predicted molar refractivity (Wildman–Crippen MR) is 93.0 cm³/mol. The average molecular weight is 286 g/mol. The topological polar surface area (TPSA) is 17.1 Å². The Labute approximate surface area is 130 Å². The number of ketones is 1. The molecule has 0 saturated heterocycles. The highest BCUT2D eigenvalue weighted by Crippen LogP contribution is 2.24. The van der Waals surface area contributed by atoms with Gasteiger partial charge in [0.1, 0.15) is 0 Å². The molecule has 0 fully saturated rings. The Hall–Kier alpha value is -2.67. The average Bonchev–Trinajstić information content (AvgIpc) is 2.59. The maximum atomic E-state index is 12.4. The van der Waals surface area contributed by atoms with Crippen LogP contribution in [0.4, 0.5) is 0 Å². The first-order valence-corrected chi connectivity index (χ1v) is 7.57. The van der Waals surface area contributed by atoms with E-state index in [2.05, 4.69) is 37.3 Å². The zero-order valence-electron chi connectivity index (χ0n) is 12.6. The van der Waals surface area contributed by atoms with E-state index >= 15 is 0 Å². The van der Waals surface area contributed by atoms with Gasteiger partial charge in [-0.05, 0) is 40.5 Å². The number of carbonyl (C=O) groups is 1. The van der Waals surface area contributed by atoms with Crippen molar-refractivity contribution in [3.05, 3.63) is 90.0 Å². The summed E-state index contributed by atoms with van der Waals surface area (Å²) in [6.07, 6.45) is 2.59. The normalized spacial score (nSPS) is 11.6. The van der Waals surface area contributed by atoms with Crippen LogP contribution in [0.2, 0.25) is 0 Å². The second kappa shape index (κ2) is 6.40. The van der Waals surface area contributed by atoms with Crippen LogP contribution >= 0.6 is 0 Å². The predicted octanol–water partition coefficient (Wildman–Crippen LogP) is 5.52. The SMILES string of the molecule is CC/C(=C\C(=O)c1ccccc1)c1ccc2ccccc2c1. The van der Waals surface area contributed by atoms with Gasteiger partial charge in [0, 0.05) is 5.56 Å². The molecule has 0 heterocycles. The van der Waals surface area contributed by atoms with Crippen molar-refractivity contribution >= 4 is 22.1 Å². The number of rotatable bonds is 4. The zero-order valence-corrected chi connectivity index (χ0v) is 12.6. The Balaban J connectivity index is 1.98. The number of benzene rings is 3. The molecule has 0 atom stereocenters. The minimum Gasteiger partial charge on any atom is -0.289 e. The molecule has 0 amide bonds. The van der Waals surface area contributed by atoms with Crippen LogP contribution in [0, 0.1) is 0 Å². The van der Waals surface area contributed by atoms with E-state index in [9.17, 15) is 4.79 Å². The lowest BCUT2D eigenvalue weighted by atomic mass is 9.97. The molecule has 108 valence electrons. The van der Waals surface area contributed by atoms with Gasteiger partial charge in [0.05, 0.1) is 0 Å².